The summed E-state index contributed by atoms with van der Waals surface area (Å²) < 4.78 is 33.1. The minimum Gasteiger partial charge on any atom is -0.469 e. The Morgan fingerprint density at radius 1 is 0.974 bits per heavy atom. The molecule has 220 valence electrons. The van der Waals surface area contributed by atoms with Crippen LogP contribution in [0.25, 0.3) is 0 Å². The van der Waals surface area contributed by atoms with Crippen LogP contribution in [0.2, 0.25) is 58.9 Å². The molecule has 4 aliphatic carbocycles. The third-order valence-electron chi connectivity index (χ3n) is 10.2. The van der Waals surface area contributed by atoms with Gasteiger partial charge < -0.3 is 22.8 Å². The number of fused-ring (bicyclic) bond motifs is 1. The van der Waals surface area contributed by atoms with Gasteiger partial charge in [-0.1, -0.05) is 6.58 Å². The molecule has 4 saturated carbocycles. The summed E-state index contributed by atoms with van der Waals surface area (Å²) in [5.74, 6) is -1.44. The van der Waals surface area contributed by atoms with Crippen LogP contribution in [-0.2, 0) is 32.3 Å². The summed E-state index contributed by atoms with van der Waals surface area (Å²) >= 11 is 0. The molecule has 1 aliphatic heterocycles. The van der Waals surface area contributed by atoms with Crippen molar-refractivity contribution < 1.29 is 32.3 Å². The molecule has 5 aliphatic rings. The Kier molecular flexibility index (Phi) is 6.57. The molecule has 0 amide bonds. The minimum atomic E-state index is -2.07. The van der Waals surface area contributed by atoms with Gasteiger partial charge in [0.05, 0.1) is 36.3 Å². The number of carbonyl (C=O) groups is 2. The largest absolute Gasteiger partial charge is 0.469 e. The maximum Gasteiger partial charge on any atom is 0.315 e. The molecule has 4 unspecified atom stereocenters. The van der Waals surface area contributed by atoms with Gasteiger partial charge in [0.25, 0.3) is 0 Å². The summed E-state index contributed by atoms with van der Waals surface area (Å²) in [6.45, 7) is 26.2. The molecule has 0 aromatic carbocycles. The molecule has 4 bridgehead atoms. The topological polar surface area (TPSA) is 80.3 Å². The lowest BCUT2D eigenvalue weighted by Crippen LogP contribution is -2.64. The van der Waals surface area contributed by atoms with Gasteiger partial charge in [0.2, 0.25) is 0 Å². The zero-order valence-corrected chi connectivity index (χ0v) is 29.0. The first-order valence-electron chi connectivity index (χ1n) is 14.7. The van der Waals surface area contributed by atoms with Crippen LogP contribution in [0.1, 0.15) is 39.0 Å². The first-order valence-corrected chi connectivity index (χ1v) is 24.9. The van der Waals surface area contributed by atoms with Crippen LogP contribution in [0, 0.1) is 28.6 Å². The second-order valence-corrected chi connectivity index (χ2v) is 29.5. The van der Waals surface area contributed by atoms with Gasteiger partial charge in [0.15, 0.2) is 25.0 Å². The van der Waals surface area contributed by atoms with Crippen LogP contribution in [0.3, 0.4) is 0 Å². The Balaban J connectivity index is 1.73. The van der Waals surface area contributed by atoms with Gasteiger partial charge in [-0.25, -0.2) is 0 Å². The molecule has 0 aromatic rings. The third-order valence-corrected chi connectivity index (χ3v) is 13.2. The second-order valence-electron chi connectivity index (χ2n) is 16.2. The third kappa shape index (κ3) is 4.17. The van der Waals surface area contributed by atoms with E-state index in [9.17, 15) is 9.59 Å². The zero-order valence-electron chi connectivity index (χ0n) is 26.0. The summed E-state index contributed by atoms with van der Waals surface area (Å²) in [7, 11) is -4.58. The summed E-state index contributed by atoms with van der Waals surface area (Å²) in [5.41, 5.74) is -1.66. The predicted molar refractivity (Wildman–Crippen MR) is 158 cm³/mol. The van der Waals surface area contributed by atoms with Crippen molar-refractivity contribution in [3.63, 3.8) is 0 Å². The summed E-state index contributed by atoms with van der Waals surface area (Å²) in [6.07, 6.45) is 2.94. The Morgan fingerprint density at radius 3 is 2.10 bits per heavy atom. The standard InChI is InChI=1S/C29H50O7Si3/c1-18-16-27-17-28(18,36-39(10,11)12)14-13-19(27)29-21(35-38(7,8)9)15-20(34-37(4,5)6)26(2,25(31)33-29)23(29)22(27)24(30)32-3/h19-23H,1,13-17H2,2-12H3/t19?,20-,21+,22?,23?,26?,27-,28-,29-/m0/s1. The van der Waals surface area contributed by atoms with E-state index in [1.54, 1.807) is 0 Å². The Bertz CT molecular complexity index is 1090. The lowest BCUT2D eigenvalue weighted by Gasteiger charge is -2.53. The van der Waals surface area contributed by atoms with Gasteiger partial charge in [-0.2, -0.15) is 0 Å². The van der Waals surface area contributed by atoms with Crippen molar-refractivity contribution in [1.82, 2.24) is 0 Å². The summed E-state index contributed by atoms with van der Waals surface area (Å²) in [6, 6.07) is 0. The fraction of sp³-hybridized carbons (Fsp3) is 0.862. The van der Waals surface area contributed by atoms with Gasteiger partial charge in [-0.3, -0.25) is 9.59 Å². The fourth-order valence-corrected chi connectivity index (χ4v) is 13.4. The predicted octanol–water partition coefficient (Wildman–Crippen LogP) is 5.89. The molecular weight excluding hydrogens is 545 g/mol. The van der Waals surface area contributed by atoms with Crippen LogP contribution in [0.15, 0.2) is 12.2 Å². The van der Waals surface area contributed by atoms with Crippen LogP contribution < -0.4 is 0 Å². The SMILES string of the molecule is C=C1C[C@]23C[C@@]1(O[Si](C)(C)C)CCC2[C@@]12OC(=O)C(C)(C1C3C(=O)OC)[C@@H](O[Si](C)(C)C)C[C@H]2O[Si](C)(C)C. The van der Waals surface area contributed by atoms with Crippen LogP contribution >= 0.6 is 0 Å². The van der Waals surface area contributed by atoms with Crippen LogP contribution in [-0.4, -0.2) is 67.4 Å². The van der Waals surface area contributed by atoms with Crippen molar-refractivity contribution >= 4 is 36.9 Å². The maximum atomic E-state index is 14.1. The number of carbonyl (C=O) groups excluding carboxylic acids is 2. The maximum absolute atomic E-state index is 14.1. The number of methoxy groups -OCH3 is 1. The van der Waals surface area contributed by atoms with E-state index in [-0.39, 0.29) is 36.0 Å². The molecule has 0 radical (unpaired) electrons. The molecule has 0 aromatic heterocycles. The molecule has 10 heteroatoms. The zero-order chi connectivity index (χ0) is 29.2. The van der Waals surface area contributed by atoms with Gasteiger partial charge in [-0.05, 0) is 103 Å². The van der Waals surface area contributed by atoms with Gasteiger partial charge in [0, 0.05) is 18.3 Å². The van der Waals surface area contributed by atoms with E-state index < -0.39 is 52.9 Å². The molecule has 9 atom stereocenters. The smallest absolute Gasteiger partial charge is 0.315 e. The number of ether oxygens (including phenoxy) is 2. The molecule has 5 rings (SSSR count). The van der Waals surface area contributed by atoms with E-state index >= 15 is 0 Å². The molecule has 1 spiro atoms. The lowest BCUT2D eigenvalue weighted by molar-refractivity contribution is -0.176. The summed E-state index contributed by atoms with van der Waals surface area (Å²) in [4.78, 5) is 28.2. The molecule has 0 N–H and O–H groups in total. The average Bonchev–Trinajstić information content (AvgIpc) is 3.20. The second kappa shape index (κ2) is 8.63. The highest BCUT2D eigenvalue weighted by molar-refractivity contribution is 6.70. The fourth-order valence-electron chi connectivity index (χ4n) is 9.57. The first-order chi connectivity index (χ1) is 17.7. The molecule has 1 heterocycles. The monoisotopic (exact) mass is 594 g/mol. The number of esters is 2. The highest BCUT2D eigenvalue weighted by atomic mass is 28.4. The Labute approximate surface area is 238 Å². The van der Waals surface area contributed by atoms with E-state index in [4.69, 9.17) is 22.8 Å². The molecular formula is C29H50O7Si3. The van der Waals surface area contributed by atoms with E-state index in [1.807, 2.05) is 6.92 Å². The quantitative estimate of drug-likeness (QED) is 0.207. The van der Waals surface area contributed by atoms with Crippen molar-refractivity contribution in [2.75, 3.05) is 7.11 Å². The van der Waals surface area contributed by atoms with Crippen LogP contribution in [0.4, 0.5) is 0 Å². The van der Waals surface area contributed by atoms with Crippen LogP contribution in [0.5, 0.6) is 0 Å². The molecule has 1 saturated heterocycles. The van der Waals surface area contributed by atoms with Crippen molar-refractivity contribution in [3.05, 3.63) is 12.2 Å². The van der Waals surface area contributed by atoms with E-state index in [1.165, 1.54) is 7.11 Å². The summed E-state index contributed by atoms with van der Waals surface area (Å²) in [5, 5.41) is 0. The Morgan fingerprint density at radius 2 is 1.56 bits per heavy atom. The van der Waals surface area contributed by atoms with Crippen molar-refractivity contribution in [1.29, 1.82) is 0 Å². The number of hydrogen-bond acceptors (Lipinski definition) is 7. The lowest BCUT2D eigenvalue weighted by atomic mass is 9.58. The normalized spacial score (nSPS) is 45.2. The first kappa shape index (κ1) is 29.7. The number of rotatable bonds is 7. The van der Waals surface area contributed by atoms with E-state index in [0.29, 0.717) is 12.8 Å². The van der Waals surface area contributed by atoms with Gasteiger partial charge in [0.1, 0.15) is 5.60 Å². The van der Waals surface area contributed by atoms with E-state index in [2.05, 4.69) is 65.5 Å². The van der Waals surface area contributed by atoms with Gasteiger partial charge in [-0.15, -0.1) is 0 Å². The highest BCUT2D eigenvalue weighted by Gasteiger charge is 2.87. The Hall–Kier alpha value is -0.789. The molecule has 7 nitrogen and oxygen atoms in total. The number of hydrogen-bond donors (Lipinski definition) is 0. The van der Waals surface area contributed by atoms with Crippen molar-refractivity contribution in [2.45, 2.75) is 121 Å². The molecule has 5 fully saturated rings. The molecule has 39 heavy (non-hydrogen) atoms. The van der Waals surface area contributed by atoms with E-state index in [0.717, 1.165) is 24.8 Å². The minimum absolute atomic E-state index is 0.0309. The van der Waals surface area contributed by atoms with Crippen molar-refractivity contribution in [2.24, 2.45) is 28.6 Å². The average molecular weight is 595 g/mol. The van der Waals surface area contributed by atoms with Crippen molar-refractivity contribution in [3.8, 4) is 0 Å². The van der Waals surface area contributed by atoms with Gasteiger partial charge >= 0.3 is 11.9 Å². The highest BCUT2D eigenvalue weighted by Crippen LogP contribution is 2.79.